The van der Waals surface area contributed by atoms with Crippen LogP contribution >= 0.6 is 0 Å². The molecule has 1 amide bonds. The molecule has 0 saturated carbocycles. The Morgan fingerprint density at radius 2 is 2.58 bits per heavy atom. The normalized spacial score (nSPS) is 30.1. The average molecular weight is 264 g/mol. The minimum absolute atomic E-state index is 0.0797. The number of carbonyl (C=O) groups is 1. The Labute approximate surface area is 112 Å². The molecule has 6 heteroatoms. The summed E-state index contributed by atoms with van der Waals surface area (Å²) in [6.45, 7) is 3.49. The van der Waals surface area contributed by atoms with Crippen LogP contribution in [-0.4, -0.2) is 48.0 Å². The van der Waals surface area contributed by atoms with Gasteiger partial charge in [-0.15, -0.1) is 0 Å². The highest BCUT2D eigenvalue weighted by Gasteiger charge is 2.38. The van der Waals surface area contributed by atoms with E-state index in [4.69, 9.17) is 4.74 Å². The van der Waals surface area contributed by atoms with Gasteiger partial charge < -0.3 is 15.4 Å². The van der Waals surface area contributed by atoms with Crippen LogP contribution in [0.4, 0.5) is 0 Å². The Balaban J connectivity index is 1.53. The molecule has 3 rings (SSSR count). The molecule has 0 spiro atoms. The van der Waals surface area contributed by atoms with Gasteiger partial charge in [0.25, 0.3) is 5.91 Å². The molecule has 6 nitrogen and oxygen atoms in total. The molecule has 1 aromatic rings. The Kier molecular flexibility index (Phi) is 3.52. The van der Waals surface area contributed by atoms with Crippen LogP contribution in [0.5, 0.6) is 0 Å². The molecule has 19 heavy (non-hydrogen) atoms. The van der Waals surface area contributed by atoms with Crippen LogP contribution in [0.2, 0.25) is 0 Å². The van der Waals surface area contributed by atoms with Gasteiger partial charge in [0.05, 0.1) is 24.5 Å². The van der Waals surface area contributed by atoms with Gasteiger partial charge in [-0.2, -0.15) is 5.10 Å². The van der Waals surface area contributed by atoms with Gasteiger partial charge in [0, 0.05) is 32.3 Å². The van der Waals surface area contributed by atoms with Gasteiger partial charge in [-0.05, 0) is 18.9 Å². The fourth-order valence-electron chi connectivity index (χ4n) is 2.99. The lowest BCUT2D eigenvalue weighted by molar-refractivity contribution is 0.0776. The van der Waals surface area contributed by atoms with Crippen molar-refractivity contribution in [2.45, 2.75) is 12.5 Å². The van der Waals surface area contributed by atoms with Crippen molar-refractivity contribution in [2.75, 3.05) is 26.2 Å². The smallest absolute Gasteiger partial charge is 0.254 e. The molecule has 2 fully saturated rings. The SMILES string of the molecule is Cn1cc(C(=O)NC[C@H]2OC[C@@H]3CCNC[C@@H]32)cn1. The van der Waals surface area contributed by atoms with E-state index in [-0.39, 0.29) is 12.0 Å². The number of aryl methyl sites for hydroxylation is 1. The van der Waals surface area contributed by atoms with Crippen LogP contribution in [0.25, 0.3) is 0 Å². The summed E-state index contributed by atoms with van der Waals surface area (Å²) in [5, 5.41) is 10.3. The number of amides is 1. The standard InChI is InChI=1S/C13H20N4O2/c1-17-7-10(4-16-17)13(18)15-6-12-11-5-14-3-2-9(11)8-19-12/h4,7,9,11-12,14H,2-3,5-6,8H2,1H3,(H,15,18)/t9-,11-,12+/m0/s1. The third-order valence-corrected chi connectivity index (χ3v) is 4.11. The van der Waals surface area contributed by atoms with Crippen LogP contribution in [0, 0.1) is 11.8 Å². The van der Waals surface area contributed by atoms with Gasteiger partial charge in [-0.3, -0.25) is 9.48 Å². The number of ether oxygens (including phenoxy) is 1. The first-order chi connectivity index (χ1) is 9.24. The van der Waals surface area contributed by atoms with Crippen molar-refractivity contribution in [2.24, 2.45) is 18.9 Å². The number of hydrogen-bond acceptors (Lipinski definition) is 4. The van der Waals surface area contributed by atoms with Crippen molar-refractivity contribution in [1.82, 2.24) is 20.4 Å². The summed E-state index contributed by atoms with van der Waals surface area (Å²) in [6, 6.07) is 0. The van der Waals surface area contributed by atoms with E-state index in [0.29, 0.717) is 23.9 Å². The Morgan fingerprint density at radius 3 is 3.37 bits per heavy atom. The van der Waals surface area contributed by atoms with Gasteiger partial charge in [-0.1, -0.05) is 0 Å². The molecular formula is C13H20N4O2. The summed E-state index contributed by atoms with van der Waals surface area (Å²) in [4.78, 5) is 11.9. The van der Waals surface area contributed by atoms with Crippen molar-refractivity contribution in [3.8, 4) is 0 Å². The second-order valence-electron chi connectivity index (χ2n) is 5.40. The zero-order valence-corrected chi connectivity index (χ0v) is 11.1. The first-order valence-corrected chi connectivity index (χ1v) is 6.83. The van der Waals surface area contributed by atoms with Crippen LogP contribution in [0.1, 0.15) is 16.8 Å². The molecule has 3 heterocycles. The van der Waals surface area contributed by atoms with Crippen molar-refractivity contribution in [3.05, 3.63) is 18.0 Å². The van der Waals surface area contributed by atoms with E-state index in [1.807, 2.05) is 0 Å². The van der Waals surface area contributed by atoms with E-state index >= 15 is 0 Å². The van der Waals surface area contributed by atoms with Crippen LogP contribution in [-0.2, 0) is 11.8 Å². The minimum atomic E-state index is -0.0797. The number of aromatic nitrogens is 2. The van der Waals surface area contributed by atoms with E-state index in [1.165, 1.54) is 6.42 Å². The van der Waals surface area contributed by atoms with Crippen LogP contribution in [0.3, 0.4) is 0 Å². The molecule has 104 valence electrons. The molecular weight excluding hydrogens is 244 g/mol. The van der Waals surface area contributed by atoms with Gasteiger partial charge in [-0.25, -0.2) is 0 Å². The van der Waals surface area contributed by atoms with Crippen molar-refractivity contribution in [3.63, 3.8) is 0 Å². The second kappa shape index (κ2) is 5.30. The number of nitrogens with one attached hydrogen (secondary N) is 2. The van der Waals surface area contributed by atoms with E-state index in [0.717, 1.165) is 19.7 Å². The van der Waals surface area contributed by atoms with E-state index in [2.05, 4.69) is 15.7 Å². The Morgan fingerprint density at radius 1 is 1.68 bits per heavy atom. The average Bonchev–Trinajstić information content (AvgIpc) is 3.02. The third kappa shape index (κ3) is 2.64. The molecule has 0 bridgehead atoms. The highest BCUT2D eigenvalue weighted by atomic mass is 16.5. The maximum atomic E-state index is 11.9. The highest BCUT2D eigenvalue weighted by Crippen LogP contribution is 2.30. The Hall–Kier alpha value is -1.40. The van der Waals surface area contributed by atoms with Crippen LogP contribution < -0.4 is 10.6 Å². The van der Waals surface area contributed by atoms with Crippen molar-refractivity contribution in [1.29, 1.82) is 0 Å². The first-order valence-electron chi connectivity index (χ1n) is 6.83. The molecule has 3 atom stereocenters. The van der Waals surface area contributed by atoms with Gasteiger partial charge in [0.2, 0.25) is 0 Å². The summed E-state index contributed by atoms with van der Waals surface area (Å²) in [6.07, 6.45) is 4.61. The number of carbonyl (C=O) groups excluding carboxylic acids is 1. The fraction of sp³-hybridized carbons (Fsp3) is 0.692. The van der Waals surface area contributed by atoms with Gasteiger partial charge in [0.15, 0.2) is 0 Å². The zero-order valence-electron chi connectivity index (χ0n) is 11.1. The number of fused-ring (bicyclic) bond motifs is 1. The molecule has 2 aliphatic rings. The number of piperidine rings is 1. The predicted molar refractivity (Wildman–Crippen MR) is 69.7 cm³/mol. The fourth-order valence-corrected chi connectivity index (χ4v) is 2.99. The van der Waals surface area contributed by atoms with Gasteiger partial charge in [0.1, 0.15) is 0 Å². The summed E-state index contributed by atoms with van der Waals surface area (Å²) in [5.74, 6) is 1.11. The Bertz CT molecular complexity index is 459. The third-order valence-electron chi connectivity index (χ3n) is 4.11. The molecule has 0 radical (unpaired) electrons. The summed E-state index contributed by atoms with van der Waals surface area (Å²) < 4.78 is 7.44. The monoisotopic (exact) mass is 264 g/mol. The highest BCUT2D eigenvalue weighted by molar-refractivity contribution is 5.93. The molecule has 2 aliphatic heterocycles. The molecule has 0 unspecified atom stereocenters. The lowest BCUT2D eigenvalue weighted by Gasteiger charge is -2.27. The van der Waals surface area contributed by atoms with E-state index < -0.39 is 0 Å². The largest absolute Gasteiger partial charge is 0.376 e. The zero-order chi connectivity index (χ0) is 13.2. The molecule has 0 aliphatic carbocycles. The van der Waals surface area contributed by atoms with E-state index in [9.17, 15) is 4.79 Å². The maximum absolute atomic E-state index is 11.9. The van der Waals surface area contributed by atoms with Gasteiger partial charge >= 0.3 is 0 Å². The lowest BCUT2D eigenvalue weighted by atomic mass is 9.85. The minimum Gasteiger partial charge on any atom is -0.376 e. The molecule has 2 saturated heterocycles. The molecule has 0 aromatic carbocycles. The summed E-state index contributed by atoms with van der Waals surface area (Å²) in [5.41, 5.74) is 0.596. The topological polar surface area (TPSA) is 68.2 Å². The molecule has 2 N–H and O–H groups in total. The summed E-state index contributed by atoms with van der Waals surface area (Å²) >= 11 is 0. The predicted octanol–water partition coefficient (Wildman–Crippen LogP) is -0.226. The van der Waals surface area contributed by atoms with Crippen molar-refractivity contribution >= 4 is 5.91 Å². The lowest BCUT2D eigenvalue weighted by Crippen LogP contribution is -2.43. The number of hydrogen-bond donors (Lipinski definition) is 2. The quantitative estimate of drug-likeness (QED) is 0.791. The number of rotatable bonds is 3. The second-order valence-corrected chi connectivity index (χ2v) is 5.40. The maximum Gasteiger partial charge on any atom is 0.254 e. The first kappa shape index (κ1) is 12.6. The van der Waals surface area contributed by atoms with E-state index in [1.54, 1.807) is 24.1 Å². The van der Waals surface area contributed by atoms with Crippen molar-refractivity contribution < 1.29 is 9.53 Å². The van der Waals surface area contributed by atoms with Crippen LogP contribution in [0.15, 0.2) is 12.4 Å². The molecule has 1 aromatic heterocycles. The number of nitrogens with zero attached hydrogens (tertiary/aromatic N) is 2. The summed E-state index contributed by atoms with van der Waals surface area (Å²) in [7, 11) is 1.80.